The Balaban J connectivity index is 1.43. The quantitative estimate of drug-likeness (QED) is 0.420. The third-order valence-electron chi connectivity index (χ3n) is 4.16. The highest BCUT2D eigenvalue weighted by Gasteiger charge is 2.20. The summed E-state index contributed by atoms with van der Waals surface area (Å²) in [6.07, 6.45) is 1.52. The number of amides is 1. The number of para-hydroxylation sites is 1. The molecular weight excluding hydrogens is 349 g/mol. The smallest absolute Gasteiger partial charge is 0.292 e. The lowest BCUT2D eigenvalue weighted by molar-refractivity contribution is -0.117. The summed E-state index contributed by atoms with van der Waals surface area (Å²) in [4.78, 5) is 27.6. The van der Waals surface area contributed by atoms with Crippen molar-refractivity contribution in [1.29, 1.82) is 0 Å². The second-order valence-corrected chi connectivity index (χ2v) is 5.95. The van der Waals surface area contributed by atoms with Gasteiger partial charge in [-0.2, -0.15) is 0 Å². The molecule has 1 amide bonds. The number of rotatable bonds is 5. The minimum atomic E-state index is -0.730. The third kappa shape index (κ3) is 3.35. The van der Waals surface area contributed by atoms with Crippen LogP contribution in [0.3, 0.4) is 0 Å². The van der Waals surface area contributed by atoms with E-state index in [1.807, 2.05) is 12.1 Å². The highest BCUT2D eigenvalue weighted by molar-refractivity contribution is 6.44. The Morgan fingerprint density at radius 1 is 1.11 bits per heavy atom. The summed E-state index contributed by atoms with van der Waals surface area (Å²) in [6, 6.07) is 14.7. The number of carbonyl (C=O) groups is 2. The summed E-state index contributed by atoms with van der Waals surface area (Å²) in [5.74, 6) is -1.26. The fraction of sp³-hybridized carbons (Fsp3) is 0.0500. The lowest BCUT2D eigenvalue weighted by atomic mass is 10.1. The Kier molecular flexibility index (Phi) is 4.25. The molecule has 4 aromatic rings. The SMILES string of the molecule is O=C(NCc1cc(-c2ccc(F)cc2)on1)C(=O)c1c[nH]c2ccccc12. The Morgan fingerprint density at radius 2 is 1.89 bits per heavy atom. The summed E-state index contributed by atoms with van der Waals surface area (Å²) in [6.45, 7) is 0.0393. The minimum Gasteiger partial charge on any atom is -0.360 e. The van der Waals surface area contributed by atoms with Crippen LogP contribution in [0.2, 0.25) is 0 Å². The van der Waals surface area contributed by atoms with E-state index in [-0.39, 0.29) is 12.4 Å². The van der Waals surface area contributed by atoms with Crippen LogP contribution in [0.4, 0.5) is 4.39 Å². The maximum absolute atomic E-state index is 13.0. The number of nitrogens with one attached hydrogen (secondary N) is 2. The number of aromatic nitrogens is 2. The molecule has 2 heterocycles. The van der Waals surface area contributed by atoms with Gasteiger partial charge in [0, 0.05) is 28.7 Å². The first-order chi connectivity index (χ1) is 13.1. The zero-order chi connectivity index (χ0) is 18.8. The first kappa shape index (κ1) is 16.7. The largest absolute Gasteiger partial charge is 0.360 e. The maximum atomic E-state index is 13.0. The van der Waals surface area contributed by atoms with Gasteiger partial charge in [0.15, 0.2) is 5.76 Å². The Morgan fingerprint density at radius 3 is 2.70 bits per heavy atom. The van der Waals surface area contributed by atoms with Gasteiger partial charge in [0.25, 0.3) is 11.7 Å². The Hall–Kier alpha value is -3.74. The molecule has 6 nitrogen and oxygen atoms in total. The van der Waals surface area contributed by atoms with E-state index in [0.29, 0.717) is 28.0 Å². The molecule has 2 aromatic heterocycles. The van der Waals surface area contributed by atoms with Gasteiger partial charge in [-0.25, -0.2) is 4.39 Å². The number of nitrogens with zero attached hydrogens (tertiary/aromatic N) is 1. The van der Waals surface area contributed by atoms with Crippen molar-refractivity contribution in [3.05, 3.63) is 77.9 Å². The van der Waals surface area contributed by atoms with Crippen LogP contribution < -0.4 is 5.32 Å². The fourth-order valence-electron chi connectivity index (χ4n) is 2.78. The molecule has 0 aliphatic carbocycles. The Bertz CT molecular complexity index is 1130. The van der Waals surface area contributed by atoms with Gasteiger partial charge in [0.1, 0.15) is 11.5 Å². The number of aromatic amines is 1. The highest BCUT2D eigenvalue weighted by Crippen LogP contribution is 2.21. The van der Waals surface area contributed by atoms with Gasteiger partial charge in [-0.15, -0.1) is 0 Å². The molecule has 2 aromatic carbocycles. The monoisotopic (exact) mass is 363 g/mol. The normalized spacial score (nSPS) is 10.9. The van der Waals surface area contributed by atoms with Crippen LogP contribution in [0.25, 0.3) is 22.2 Å². The van der Waals surface area contributed by atoms with Gasteiger partial charge in [0.2, 0.25) is 0 Å². The standard InChI is InChI=1S/C20H14FN3O3/c21-13-7-5-12(6-8-13)18-9-14(24-27-18)10-23-20(26)19(25)16-11-22-17-4-2-1-3-15(16)17/h1-9,11,22H,10H2,(H,23,26). The topological polar surface area (TPSA) is 88.0 Å². The molecule has 0 aliphatic heterocycles. The number of hydrogen-bond donors (Lipinski definition) is 2. The molecule has 0 fully saturated rings. The number of carbonyl (C=O) groups excluding carboxylic acids is 2. The molecule has 2 N–H and O–H groups in total. The predicted molar refractivity (Wildman–Crippen MR) is 96.4 cm³/mol. The van der Waals surface area contributed by atoms with Gasteiger partial charge >= 0.3 is 0 Å². The molecule has 0 spiro atoms. The molecule has 134 valence electrons. The van der Waals surface area contributed by atoms with E-state index in [4.69, 9.17) is 4.52 Å². The first-order valence-corrected chi connectivity index (χ1v) is 8.22. The van der Waals surface area contributed by atoms with Crippen molar-refractivity contribution in [3.8, 4) is 11.3 Å². The number of benzene rings is 2. The van der Waals surface area contributed by atoms with E-state index in [0.717, 1.165) is 5.52 Å². The van der Waals surface area contributed by atoms with Crippen LogP contribution >= 0.6 is 0 Å². The molecule has 7 heteroatoms. The molecule has 0 aliphatic rings. The van der Waals surface area contributed by atoms with Gasteiger partial charge in [-0.05, 0) is 30.3 Å². The third-order valence-corrected chi connectivity index (χ3v) is 4.16. The Labute approximate surface area is 153 Å². The van der Waals surface area contributed by atoms with E-state index in [1.165, 1.54) is 18.3 Å². The number of hydrogen-bond acceptors (Lipinski definition) is 4. The van der Waals surface area contributed by atoms with E-state index < -0.39 is 11.7 Å². The van der Waals surface area contributed by atoms with E-state index in [2.05, 4.69) is 15.5 Å². The average Bonchev–Trinajstić information content (AvgIpc) is 3.33. The van der Waals surface area contributed by atoms with Crippen molar-refractivity contribution in [2.75, 3.05) is 0 Å². The molecular formula is C20H14FN3O3. The van der Waals surface area contributed by atoms with Crippen molar-refractivity contribution < 1.29 is 18.5 Å². The maximum Gasteiger partial charge on any atom is 0.292 e. The van der Waals surface area contributed by atoms with Crippen molar-refractivity contribution in [2.24, 2.45) is 0 Å². The van der Waals surface area contributed by atoms with E-state index >= 15 is 0 Å². The molecule has 0 atom stereocenters. The van der Waals surface area contributed by atoms with Crippen LogP contribution in [0.5, 0.6) is 0 Å². The molecule has 0 radical (unpaired) electrons. The second-order valence-electron chi connectivity index (χ2n) is 5.95. The lowest BCUT2D eigenvalue weighted by Gasteiger charge is -2.01. The van der Waals surface area contributed by atoms with Crippen LogP contribution in [0.1, 0.15) is 16.1 Å². The summed E-state index contributed by atoms with van der Waals surface area (Å²) in [5, 5.41) is 7.09. The highest BCUT2D eigenvalue weighted by atomic mass is 19.1. The average molecular weight is 363 g/mol. The lowest BCUT2D eigenvalue weighted by Crippen LogP contribution is -2.30. The summed E-state index contributed by atoms with van der Waals surface area (Å²) < 4.78 is 18.2. The van der Waals surface area contributed by atoms with Crippen molar-refractivity contribution in [2.45, 2.75) is 6.54 Å². The second kappa shape index (κ2) is 6.87. The van der Waals surface area contributed by atoms with Crippen LogP contribution in [0.15, 0.2) is 65.3 Å². The minimum absolute atomic E-state index is 0.0393. The van der Waals surface area contributed by atoms with E-state index in [9.17, 15) is 14.0 Å². The zero-order valence-electron chi connectivity index (χ0n) is 14.0. The van der Waals surface area contributed by atoms with Gasteiger partial charge in [0.05, 0.1) is 12.1 Å². The summed E-state index contributed by atoms with van der Waals surface area (Å²) in [7, 11) is 0. The molecule has 0 saturated heterocycles. The first-order valence-electron chi connectivity index (χ1n) is 8.22. The van der Waals surface area contributed by atoms with Crippen molar-refractivity contribution in [3.63, 3.8) is 0 Å². The molecule has 0 unspecified atom stereocenters. The van der Waals surface area contributed by atoms with Crippen molar-refractivity contribution >= 4 is 22.6 Å². The van der Waals surface area contributed by atoms with Gasteiger partial charge in [-0.3, -0.25) is 9.59 Å². The number of Topliss-reactive ketones (excluding diaryl/α,β-unsaturated/α-hetero) is 1. The summed E-state index contributed by atoms with van der Waals surface area (Å²) >= 11 is 0. The fourth-order valence-corrected chi connectivity index (χ4v) is 2.78. The van der Waals surface area contributed by atoms with Crippen molar-refractivity contribution in [1.82, 2.24) is 15.5 Å². The van der Waals surface area contributed by atoms with Crippen LogP contribution in [0, 0.1) is 5.82 Å². The number of halogens is 1. The molecule has 0 saturated carbocycles. The number of fused-ring (bicyclic) bond motifs is 1. The molecule has 27 heavy (non-hydrogen) atoms. The van der Waals surface area contributed by atoms with Crippen LogP contribution in [-0.4, -0.2) is 21.8 Å². The summed E-state index contributed by atoms with van der Waals surface area (Å²) in [5.41, 5.74) is 2.22. The van der Waals surface area contributed by atoms with E-state index in [1.54, 1.807) is 30.3 Å². The van der Waals surface area contributed by atoms with Crippen LogP contribution in [-0.2, 0) is 11.3 Å². The van der Waals surface area contributed by atoms with Gasteiger partial charge in [-0.1, -0.05) is 23.4 Å². The molecule has 0 bridgehead atoms. The predicted octanol–water partition coefficient (Wildman–Crippen LogP) is 3.46. The zero-order valence-corrected chi connectivity index (χ0v) is 14.0. The number of ketones is 1. The van der Waals surface area contributed by atoms with Gasteiger partial charge < -0.3 is 14.8 Å². The molecule has 4 rings (SSSR count). The number of H-pyrrole nitrogens is 1.